The van der Waals surface area contributed by atoms with Crippen molar-refractivity contribution in [1.82, 2.24) is 5.32 Å². The molecule has 1 unspecified atom stereocenters. The van der Waals surface area contributed by atoms with E-state index in [1.807, 2.05) is 25.2 Å². The van der Waals surface area contributed by atoms with Crippen LogP contribution in [0.4, 0.5) is 0 Å². The lowest BCUT2D eigenvalue weighted by Crippen LogP contribution is -2.38. The van der Waals surface area contributed by atoms with E-state index >= 15 is 0 Å². The van der Waals surface area contributed by atoms with Crippen LogP contribution in [-0.4, -0.2) is 32.0 Å². The summed E-state index contributed by atoms with van der Waals surface area (Å²) in [5.74, 6) is 1.29. The largest absolute Gasteiger partial charge is 0.504 e. The lowest BCUT2D eigenvalue weighted by atomic mass is 10.1. The topological polar surface area (TPSA) is 59.9 Å². The van der Waals surface area contributed by atoms with E-state index in [4.69, 9.17) is 9.47 Å². The van der Waals surface area contributed by atoms with Gasteiger partial charge in [-0.25, -0.2) is 0 Å². The van der Waals surface area contributed by atoms with Gasteiger partial charge in [0.15, 0.2) is 0 Å². The van der Waals surface area contributed by atoms with E-state index in [0.29, 0.717) is 17.8 Å². The van der Waals surface area contributed by atoms with Crippen LogP contribution in [-0.2, 0) is 14.3 Å². The van der Waals surface area contributed by atoms with Gasteiger partial charge in [0.2, 0.25) is 0 Å². The molecule has 104 valence electrons. The molecular weight excluding hydrogens is 244 g/mol. The number of nitrogens with zero attached hydrogens (tertiary/aromatic N) is 1. The summed E-state index contributed by atoms with van der Waals surface area (Å²) in [6.07, 6.45) is 7.80. The molecule has 1 rings (SSSR count). The van der Waals surface area contributed by atoms with Crippen molar-refractivity contribution in [1.29, 1.82) is 0 Å². The standard InChI is InChI=1S/C14H20N2O3/c1-5-11(19-4)7-6-8-13-12(9-18-3)14(17)16-10(2)15-13/h5-6,8-9,13H,7H2,1-4H3,(H,15,16,17)/b8-6?,11-5+,12-9-. The van der Waals surface area contributed by atoms with Crippen LogP contribution < -0.4 is 5.32 Å². The first-order valence-corrected chi connectivity index (χ1v) is 6.06. The summed E-state index contributed by atoms with van der Waals surface area (Å²) < 4.78 is 10.1. The van der Waals surface area contributed by atoms with Gasteiger partial charge in [0.05, 0.1) is 31.8 Å². The first-order valence-electron chi connectivity index (χ1n) is 6.06. The molecule has 1 aliphatic rings. The van der Waals surface area contributed by atoms with Crippen molar-refractivity contribution in [2.24, 2.45) is 4.99 Å². The van der Waals surface area contributed by atoms with Gasteiger partial charge in [-0.15, -0.1) is 0 Å². The smallest absolute Gasteiger partial charge is 0.258 e. The minimum absolute atomic E-state index is 0.179. The van der Waals surface area contributed by atoms with Crippen LogP contribution >= 0.6 is 0 Å². The third-order valence-electron chi connectivity index (χ3n) is 2.67. The second-order valence-corrected chi connectivity index (χ2v) is 4.01. The lowest BCUT2D eigenvalue weighted by Gasteiger charge is -2.19. The van der Waals surface area contributed by atoms with Crippen molar-refractivity contribution >= 4 is 11.7 Å². The molecule has 0 bridgehead atoms. The number of methoxy groups -OCH3 is 2. The van der Waals surface area contributed by atoms with Gasteiger partial charge in [0, 0.05) is 6.42 Å². The van der Waals surface area contributed by atoms with E-state index in [1.54, 1.807) is 14.0 Å². The molecule has 1 N–H and O–H groups in total. The van der Waals surface area contributed by atoms with Gasteiger partial charge in [0.1, 0.15) is 11.9 Å². The zero-order valence-corrected chi connectivity index (χ0v) is 11.8. The number of carbonyl (C=O) groups excluding carboxylic acids is 1. The Labute approximate surface area is 113 Å². The van der Waals surface area contributed by atoms with Gasteiger partial charge in [-0.05, 0) is 19.9 Å². The molecule has 19 heavy (non-hydrogen) atoms. The second kappa shape index (κ2) is 7.41. The van der Waals surface area contributed by atoms with Crippen LogP contribution in [0.1, 0.15) is 20.3 Å². The molecule has 0 aromatic heterocycles. The molecule has 0 fully saturated rings. The zero-order valence-electron chi connectivity index (χ0n) is 11.8. The molecule has 5 heteroatoms. The Kier molecular flexibility index (Phi) is 5.85. The predicted octanol–water partition coefficient (Wildman–Crippen LogP) is 1.93. The van der Waals surface area contributed by atoms with Gasteiger partial charge >= 0.3 is 0 Å². The van der Waals surface area contributed by atoms with Gasteiger partial charge in [-0.3, -0.25) is 9.79 Å². The first-order chi connectivity index (χ1) is 9.12. The van der Waals surface area contributed by atoms with Crippen molar-refractivity contribution in [3.8, 4) is 0 Å². The fourth-order valence-corrected chi connectivity index (χ4v) is 1.71. The molecule has 0 spiro atoms. The Balaban J connectivity index is 2.83. The van der Waals surface area contributed by atoms with Crippen LogP contribution in [0, 0.1) is 0 Å². The Morgan fingerprint density at radius 3 is 2.79 bits per heavy atom. The maximum Gasteiger partial charge on any atom is 0.258 e. The minimum atomic E-state index is -0.316. The van der Waals surface area contributed by atoms with E-state index in [-0.39, 0.29) is 11.9 Å². The monoisotopic (exact) mass is 264 g/mol. The lowest BCUT2D eigenvalue weighted by molar-refractivity contribution is -0.116. The van der Waals surface area contributed by atoms with Gasteiger partial charge in [-0.2, -0.15) is 0 Å². The van der Waals surface area contributed by atoms with Crippen LogP contribution in [0.15, 0.2) is 40.8 Å². The fraction of sp³-hybridized carbons (Fsp3) is 0.429. The molecule has 1 aliphatic heterocycles. The Morgan fingerprint density at radius 2 is 2.21 bits per heavy atom. The first kappa shape index (κ1) is 15.0. The van der Waals surface area contributed by atoms with Gasteiger partial charge in [-0.1, -0.05) is 12.2 Å². The summed E-state index contributed by atoms with van der Waals surface area (Å²) in [4.78, 5) is 16.2. The van der Waals surface area contributed by atoms with Crippen LogP contribution in [0.3, 0.4) is 0 Å². The number of rotatable bonds is 5. The van der Waals surface area contributed by atoms with Crippen molar-refractivity contribution in [3.63, 3.8) is 0 Å². The molecule has 1 amide bonds. The molecule has 1 atom stereocenters. The quantitative estimate of drug-likeness (QED) is 0.469. The zero-order chi connectivity index (χ0) is 14.3. The summed E-state index contributed by atoms with van der Waals surface area (Å²) in [6, 6.07) is -0.316. The number of amidine groups is 1. The summed E-state index contributed by atoms with van der Waals surface area (Å²) in [7, 11) is 3.14. The number of ether oxygens (including phenoxy) is 2. The summed E-state index contributed by atoms with van der Waals surface area (Å²) in [5.41, 5.74) is 0.490. The average Bonchev–Trinajstić information content (AvgIpc) is 2.38. The van der Waals surface area contributed by atoms with E-state index in [9.17, 15) is 4.79 Å². The predicted molar refractivity (Wildman–Crippen MR) is 74.7 cm³/mol. The molecule has 1 heterocycles. The van der Waals surface area contributed by atoms with Crippen LogP contribution in [0.5, 0.6) is 0 Å². The molecule has 0 aromatic carbocycles. The highest BCUT2D eigenvalue weighted by molar-refractivity contribution is 6.08. The number of hydrogen-bond donors (Lipinski definition) is 1. The molecule has 0 radical (unpaired) electrons. The van der Waals surface area contributed by atoms with E-state index in [1.165, 1.54) is 13.4 Å². The van der Waals surface area contributed by atoms with Crippen molar-refractivity contribution in [3.05, 3.63) is 35.8 Å². The normalized spacial score (nSPS) is 22.4. The van der Waals surface area contributed by atoms with E-state index in [0.717, 1.165) is 5.76 Å². The second-order valence-electron chi connectivity index (χ2n) is 4.01. The average molecular weight is 264 g/mol. The third-order valence-corrected chi connectivity index (χ3v) is 2.67. The Bertz CT molecular complexity index is 448. The fourth-order valence-electron chi connectivity index (χ4n) is 1.71. The molecule has 0 aromatic rings. The minimum Gasteiger partial charge on any atom is -0.504 e. The highest BCUT2D eigenvalue weighted by Gasteiger charge is 2.23. The highest BCUT2D eigenvalue weighted by Crippen LogP contribution is 2.15. The van der Waals surface area contributed by atoms with E-state index in [2.05, 4.69) is 10.3 Å². The maximum atomic E-state index is 11.8. The third kappa shape index (κ3) is 4.28. The van der Waals surface area contributed by atoms with Gasteiger partial charge in [0.25, 0.3) is 5.91 Å². The Hall–Kier alpha value is -2.04. The number of nitrogens with one attached hydrogen (secondary N) is 1. The number of allylic oxidation sites excluding steroid dienone is 2. The number of amides is 1. The van der Waals surface area contributed by atoms with Gasteiger partial charge < -0.3 is 14.8 Å². The molecule has 0 aliphatic carbocycles. The number of aliphatic imine (C=N–C) groups is 1. The molecule has 0 saturated heterocycles. The van der Waals surface area contributed by atoms with Crippen LogP contribution in [0.2, 0.25) is 0 Å². The number of carbonyl (C=O) groups is 1. The van der Waals surface area contributed by atoms with Crippen molar-refractivity contribution < 1.29 is 14.3 Å². The van der Waals surface area contributed by atoms with Crippen LogP contribution in [0.25, 0.3) is 0 Å². The summed E-state index contributed by atoms with van der Waals surface area (Å²) in [5, 5.41) is 2.66. The SMILES string of the molecule is C/C=C(\CC=CC1N=C(C)NC(=O)/C1=C\OC)OC. The maximum absolute atomic E-state index is 11.8. The van der Waals surface area contributed by atoms with Crippen molar-refractivity contribution in [2.75, 3.05) is 14.2 Å². The number of hydrogen-bond acceptors (Lipinski definition) is 4. The highest BCUT2D eigenvalue weighted by atomic mass is 16.5. The Morgan fingerprint density at radius 1 is 1.47 bits per heavy atom. The molecule has 0 saturated carbocycles. The van der Waals surface area contributed by atoms with E-state index < -0.39 is 0 Å². The molecular formula is C14H20N2O3. The van der Waals surface area contributed by atoms with Crippen molar-refractivity contribution in [2.45, 2.75) is 26.3 Å². The summed E-state index contributed by atoms with van der Waals surface area (Å²) >= 11 is 0. The molecule has 5 nitrogen and oxygen atoms in total. The summed E-state index contributed by atoms with van der Waals surface area (Å²) in [6.45, 7) is 3.67.